The van der Waals surface area contributed by atoms with Crippen molar-refractivity contribution in [1.82, 2.24) is 16.0 Å². The summed E-state index contributed by atoms with van der Waals surface area (Å²) in [5, 5.41) is 17.3. The molecule has 0 aromatic rings. The van der Waals surface area contributed by atoms with E-state index in [1.54, 1.807) is 27.7 Å². The SMILES string of the molecule is CC(C)(NC(=O)NC1CCC(=O)NC1)C(C)(C)C(=O)O. The van der Waals surface area contributed by atoms with Crippen LogP contribution in [0.5, 0.6) is 0 Å². The first-order chi connectivity index (χ1) is 9.06. The molecule has 0 aromatic carbocycles. The fraction of sp³-hybridized carbons (Fsp3) is 0.769. The van der Waals surface area contributed by atoms with E-state index in [-0.39, 0.29) is 11.9 Å². The lowest BCUT2D eigenvalue weighted by Gasteiger charge is -2.39. The summed E-state index contributed by atoms with van der Waals surface area (Å²) in [7, 11) is 0. The topological polar surface area (TPSA) is 108 Å². The van der Waals surface area contributed by atoms with Crippen LogP contribution in [-0.2, 0) is 9.59 Å². The number of carbonyl (C=O) groups is 3. The molecule has 1 unspecified atom stereocenters. The fourth-order valence-corrected chi connectivity index (χ4v) is 1.78. The second-order valence-corrected chi connectivity index (χ2v) is 6.19. The van der Waals surface area contributed by atoms with E-state index in [9.17, 15) is 19.5 Å². The van der Waals surface area contributed by atoms with Gasteiger partial charge in [0.25, 0.3) is 0 Å². The first kappa shape index (κ1) is 16.3. The first-order valence-corrected chi connectivity index (χ1v) is 6.65. The lowest BCUT2D eigenvalue weighted by molar-refractivity contribution is -0.150. The Labute approximate surface area is 118 Å². The van der Waals surface area contributed by atoms with E-state index in [4.69, 9.17) is 0 Å². The monoisotopic (exact) mass is 285 g/mol. The van der Waals surface area contributed by atoms with Crippen LogP contribution in [0.4, 0.5) is 4.79 Å². The van der Waals surface area contributed by atoms with Crippen molar-refractivity contribution >= 4 is 17.9 Å². The van der Waals surface area contributed by atoms with Crippen LogP contribution in [0.15, 0.2) is 0 Å². The van der Waals surface area contributed by atoms with Gasteiger partial charge in [-0.1, -0.05) is 0 Å². The zero-order chi connectivity index (χ0) is 15.6. The Morgan fingerprint density at radius 2 is 1.90 bits per heavy atom. The van der Waals surface area contributed by atoms with Gasteiger partial charge in [-0.2, -0.15) is 0 Å². The van der Waals surface area contributed by atoms with Gasteiger partial charge in [0.15, 0.2) is 0 Å². The van der Waals surface area contributed by atoms with Gasteiger partial charge in [0.2, 0.25) is 5.91 Å². The molecule has 0 spiro atoms. The summed E-state index contributed by atoms with van der Waals surface area (Å²) in [6.45, 7) is 6.87. The molecule has 7 heteroatoms. The molecule has 1 heterocycles. The summed E-state index contributed by atoms with van der Waals surface area (Å²) in [6.07, 6.45) is 0.969. The molecule has 0 radical (unpaired) electrons. The summed E-state index contributed by atoms with van der Waals surface area (Å²) in [4.78, 5) is 34.2. The van der Waals surface area contributed by atoms with Crippen molar-refractivity contribution in [3.8, 4) is 0 Å². The van der Waals surface area contributed by atoms with Crippen molar-refractivity contribution in [3.05, 3.63) is 0 Å². The van der Waals surface area contributed by atoms with Gasteiger partial charge in [0, 0.05) is 19.0 Å². The van der Waals surface area contributed by atoms with Crippen molar-refractivity contribution < 1.29 is 19.5 Å². The molecule has 114 valence electrons. The minimum atomic E-state index is -1.11. The number of urea groups is 1. The van der Waals surface area contributed by atoms with Crippen molar-refractivity contribution in [2.45, 2.75) is 52.1 Å². The molecule has 3 amide bonds. The third-order valence-corrected chi connectivity index (χ3v) is 4.12. The average Bonchev–Trinajstić information content (AvgIpc) is 2.31. The molecule has 20 heavy (non-hydrogen) atoms. The third-order valence-electron chi connectivity index (χ3n) is 4.12. The standard InChI is InChI=1S/C13H23N3O4/c1-12(2,10(18)19)13(3,4)16-11(20)15-8-5-6-9(17)14-7-8/h8H,5-7H2,1-4H3,(H,14,17)(H,18,19)(H2,15,16,20). The largest absolute Gasteiger partial charge is 0.481 e. The summed E-state index contributed by atoms with van der Waals surface area (Å²) < 4.78 is 0. The predicted molar refractivity (Wildman–Crippen MR) is 73.2 cm³/mol. The number of piperidine rings is 1. The molecule has 1 aliphatic heterocycles. The van der Waals surface area contributed by atoms with Crippen LogP contribution < -0.4 is 16.0 Å². The second kappa shape index (κ2) is 5.68. The Bertz CT molecular complexity index is 408. The van der Waals surface area contributed by atoms with Gasteiger partial charge in [-0.15, -0.1) is 0 Å². The van der Waals surface area contributed by atoms with Crippen molar-refractivity contribution in [2.24, 2.45) is 5.41 Å². The Balaban J connectivity index is 2.57. The molecule has 1 aliphatic rings. The van der Waals surface area contributed by atoms with Gasteiger partial charge < -0.3 is 21.1 Å². The Morgan fingerprint density at radius 3 is 2.35 bits per heavy atom. The van der Waals surface area contributed by atoms with Gasteiger partial charge in [0.1, 0.15) is 0 Å². The Kier molecular flexibility index (Phi) is 4.62. The van der Waals surface area contributed by atoms with Gasteiger partial charge in [-0.3, -0.25) is 9.59 Å². The van der Waals surface area contributed by atoms with E-state index in [1.807, 2.05) is 0 Å². The average molecular weight is 285 g/mol. The van der Waals surface area contributed by atoms with Crippen molar-refractivity contribution in [2.75, 3.05) is 6.54 Å². The maximum absolute atomic E-state index is 11.9. The Hall–Kier alpha value is -1.79. The van der Waals surface area contributed by atoms with Crippen LogP contribution in [-0.4, -0.2) is 41.1 Å². The van der Waals surface area contributed by atoms with E-state index >= 15 is 0 Å². The summed E-state index contributed by atoms with van der Waals surface area (Å²) >= 11 is 0. The molecular weight excluding hydrogens is 262 g/mol. The van der Waals surface area contributed by atoms with Crippen LogP contribution >= 0.6 is 0 Å². The predicted octanol–water partition coefficient (Wildman–Crippen LogP) is 0.454. The van der Waals surface area contributed by atoms with Crippen LogP contribution in [0.3, 0.4) is 0 Å². The van der Waals surface area contributed by atoms with Crippen LogP contribution in [0.1, 0.15) is 40.5 Å². The number of amides is 3. The molecule has 7 nitrogen and oxygen atoms in total. The number of carboxylic acid groups (broad SMARTS) is 1. The molecule has 1 atom stereocenters. The zero-order valence-corrected chi connectivity index (χ0v) is 12.4. The lowest BCUT2D eigenvalue weighted by Crippen LogP contribution is -2.61. The van der Waals surface area contributed by atoms with Gasteiger partial charge in [-0.25, -0.2) is 4.79 Å². The number of carboxylic acids is 1. The highest BCUT2D eigenvalue weighted by atomic mass is 16.4. The molecule has 1 rings (SSSR count). The van der Waals surface area contributed by atoms with Gasteiger partial charge in [-0.05, 0) is 34.1 Å². The summed E-state index contributed by atoms with van der Waals surface area (Å²) in [6, 6.07) is -0.554. The maximum Gasteiger partial charge on any atom is 0.315 e. The van der Waals surface area contributed by atoms with E-state index in [1.165, 1.54) is 0 Å². The first-order valence-electron chi connectivity index (χ1n) is 6.65. The normalized spacial score (nSPS) is 20.0. The molecule has 0 aliphatic carbocycles. The summed E-state index contributed by atoms with van der Waals surface area (Å²) in [5.74, 6) is -0.997. The maximum atomic E-state index is 11.9. The van der Waals surface area contributed by atoms with E-state index < -0.39 is 23.0 Å². The highest BCUT2D eigenvalue weighted by Gasteiger charge is 2.44. The highest BCUT2D eigenvalue weighted by molar-refractivity contribution is 5.80. The van der Waals surface area contributed by atoms with Crippen molar-refractivity contribution in [3.63, 3.8) is 0 Å². The number of hydrogen-bond acceptors (Lipinski definition) is 3. The smallest absolute Gasteiger partial charge is 0.315 e. The van der Waals surface area contributed by atoms with Gasteiger partial charge in [0.05, 0.1) is 11.0 Å². The molecule has 1 saturated heterocycles. The number of carbonyl (C=O) groups excluding carboxylic acids is 2. The second-order valence-electron chi connectivity index (χ2n) is 6.19. The molecular formula is C13H23N3O4. The third kappa shape index (κ3) is 3.61. The van der Waals surface area contributed by atoms with E-state index in [0.717, 1.165) is 0 Å². The van der Waals surface area contributed by atoms with Crippen LogP contribution in [0, 0.1) is 5.41 Å². The van der Waals surface area contributed by atoms with Crippen LogP contribution in [0.2, 0.25) is 0 Å². The zero-order valence-electron chi connectivity index (χ0n) is 12.4. The highest BCUT2D eigenvalue weighted by Crippen LogP contribution is 2.30. The fourth-order valence-electron chi connectivity index (χ4n) is 1.78. The minimum absolute atomic E-state index is 0.0178. The molecule has 0 saturated carbocycles. The molecule has 0 aromatic heterocycles. The van der Waals surface area contributed by atoms with E-state index in [0.29, 0.717) is 19.4 Å². The summed E-state index contributed by atoms with van der Waals surface area (Å²) in [5.41, 5.74) is -2.02. The molecule has 0 bridgehead atoms. The van der Waals surface area contributed by atoms with E-state index in [2.05, 4.69) is 16.0 Å². The number of aliphatic carboxylic acids is 1. The minimum Gasteiger partial charge on any atom is -0.481 e. The van der Waals surface area contributed by atoms with Crippen molar-refractivity contribution in [1.29, 1.82) is 0 Å². The molecule has 4 N–H and O–H groups in total. The number of nitrogens with one attached hydrogen (secondary N) is 3. The quantitative estimate of drug-likeness (QED) is 0.601. The Morgan fingerprint density at radius 1 is 1.30 bits per heavy atom. The number of hydrogen-bond donors (Lipinski definition) is 4. The van der Waals surface area contributed by atoms with Crippen LogP contribution in [0.25, 0.3) is 0 Å². The lowest BCUT2D eigenvalue weighted by atomic mass is 9.74. The van der Waals surface area contributed by atoms with Gasteiger partial charge >= 0.3 is 12.0 Å². The molecule has 1 fully saturated rings. The number of rotatable bonds is 4.